The molecule has 0 aliphatic carbocycles. The maximum absolute atomic E-state index is 11.9. The summed E-state index contributed by atoms with van der Waals surface area (Å²) in [6.07, 6.45) is 1.65. The monoisotopic (exact) mass is 279 g/mol. The molecule has 1 rings (SSSR count). The highest BCUT2D eigenvalue weighted by atomic mass is 16.5. The summed E-state index contributed by atoms with van der Waals surface area (Å²) >= 11 is 0. The lowest BCUT2D eigenvalue weighted by molar-refractivity contribution is -0.120. The molecule has 1 aromatic rings. The molecule has 4 N–H and O–H groups in total. The van der Waals surface area contributed by atoms with E-state index in [1.165, 1.54) is 0 Å². The predicted molar refractivity (Wildman–Crippen MR) is 78.0 cm³/mol. The maximum Gasteiger partial charge on any atom is 0.227 e. The van der Waals surface area contributed by atoms with E-state index >= 15 is 0 Å². The highest BCUT2D eigenvalue weighted by molar-refractivity contribution is 5.92. The molecule has 0 unspecified atom stereocenters. The number of hydrogen-bond donors (Lipinski definition) is 3. The number of anilines is 1. The van der Waals surface area contributed by atoms with E-state index in [4.69, 9.17) is 15.7 Å². The summed E-state index contributed by atoms with van der Waals surface area (Å²) in [5, 5.41) is 14.1. The van der Waals surface area contributed by atoms with Crippen molar-refractivity contribution >= 4 is 17.4 Å². The van der Waals surface area contributed by atoms with Crippen LogP contribution in [-0.4, -0.2) is 23.6 Å². The van der Waals surface area contributed by atoms with Crippen LogP contribution in [0, 0.1) is 5.92 Å². The highest BCUT2D eigenvalue weighted by Crippen LogP contribution is 2.17. The SMILES string of the molecule is CCC(CC)C(=O)Nc1ccc(OC/C(N)=N/O)cc1. The van der Waals surface area contributed by atoms with Crippen molar-refractivity contribution in [3.05, 3.63) is 24.3 Å². The summed E-state index contributed by atoms with van der Waals surface area (Å²) in [4.78, 5) is 11.9. The fourth-order valence-corrected chi connectivity index (χ4v) is 1.72. The van der Waals surface area contributed by atoms with Crippen molar-refractivity contribution in [2.45, 2.75) is 26.7 Å². The lowest BCUT2D eigenvalue weighted by Gasteiger charge is -2.13. The smallest absolute Gasteiger partial charge is 0.227 e. The van der Waals surface area contributed by atoms with Gasteiger partial charge in [0.1, 0.15) is 12.4 Å². The first-order valence-electron chi connectivity index (χ1n) is 6.60. The van der Waals surface area contributed by atoms with E-state index in [-0.39, 0.29) is 24.3 Å². The van der Waals surface area contributed by atoms with Crippen molar-refractivity contribution in [2.24, 2.45) is 16.8 Å². The van der Waals surface area contributed by atoms with E-state index in [0.29, 0.717) is 5.75 Å². The molecule has 0 heterocycles. The van der Waals surface area contributed by atoms with Gasteiger partial charge in [-0.05, 0) is 37.1 Å². The summed E-state index contributed by atoms with van der Waals surface area (Å²) < 4.78 is 5.28. The van der Waals surface area contributed by atoms with E-state index in [0.717, 1.165) is 18.5 Å². The number of amides is 1. The molecule has 0 fully saturated rings. The predicted octanol–water partition coefficient (Wildman–Crippen LogP) is 2.19. The molecule has 110 valence electrons. The Morgan fingerprint density at radius 1 is 1.35 bits per heavy atom. The molecule has 6 nitrogen and oxygen atoms in total. The van der Waals surface area contributed by atoms with Crippen molar-refractivity contribution in [1.29, 1.82) is 0 Å². The fourth-order valence-electron chi connectivity index (χ4n) is 1.72. The number of nitrogens with two attached hydrogens (primary N) is 1. The lowest BCUT2D eigenvalue weighted by atomic mass is 10.0. The number of oxime groups is 1. The molecule has 0 atom stereocenters. The number of nitrogens with one attached hydrogen (secondary N) is 1. The van der Waals surface area contributed by atoms with E-state index < -0.39 is 0 Å². The van der Waals surface area contributed by atoms with Gasteiger partial charge in [-0.15, -0.1) is 0 Å². The molecule has 1 amide bonds. The van der Waals surface area contributed by atoms with Crippen LogP contribution in [0.25, 0.3) is 0 Å². The Hall–Kier alpha value is -2.24. The third kappa shape index (κ3) is 4.79. The molecule has 0 aromatic heterocycles. The first-order valence-corrected chi connectivity index (χ1v) is 6.60. The van der Waals surface area contributed by atoms with Crippen LogP contribution in [0.2, 0.25) is 0 Å². The number of hydrogen-bond acceptors (Lipinski definition) is 4. The molecule has 0 radical (unpaired) electrons. The van der Waals surface area contributed by atoms with Crippen LogP contribution in [0.4, 0.5) is 5.69 Å². The van der Waals surface area contributed by atoms with Crippen LogP contribution in [-0.2, 0) is 4.79 Å². The molecule has 0 saturated heterocycles. The second-order valence-electron chi connectivity index (χ2n) is 4.41. The minimum atomic E-state index is -0.00360. The van der Waals surface area contributed by atoms with Crippen molar-refractivity contribution in [3.63, 3.8) is 0 Å². The molecule has 0 aliphatic heterocycles. The van der Waals surface area contributed by atoms with Crippen molar-refractivity contribution < 1.29 is 14.7 Å². The van der Waals surface area contributed by atoms with Gasteiger partial charge in [0.05, 0.1) is 0 Å². The number of carbonyl (C=O) groups is 1. The molecule has 20 heavy (non-hydrogen) atoms. The average Bonchev–Trinajstić information content (AvgIpc) is 2.47. The second kappa shape index (κ2) is 8.04. The zero-order valence-corrected chi connectivity index (χ0v) is 11.8. The van der Waals surface area contributed by atoms with Gasteiger partial charge in [0, 0.05) is 11.6 Å². The lowest BCUT2D eigenvalue weighted by Crippen LogP contribution is -2.22. The topological polar surface area (TPSA) is 96.9 Å². The van der Waals surface area contributed by atoms with Gasteiger partial charge < -0.3 is 21.0 Å². The Morgan fingerprint density at radius 3 is 2.45 bits per heavy atom. The molecule has 6 heteroatoms. The summed E-state index contributed by atoms with van der Waals surface area (Å²) in [5.74, 6) is 0.639. The van der Waals surface area contributed by atoms with Crippen LogP contribution in [0.1, 0.15) is 26.7 Å². The third-order valence-electron chi connectivity index (χ3n) is 2.99. The van der Waals surface area contributed by atoms with Gasteiger partial charge in [-0.3, -0.25) is 4.79 Å². The first-order chi connectivity index (χ1) is 9.60. The Labute approximate surface area is 118 Å². The Bertz CT molecular complexity index is 453. The number of nitrogens with zero attached hydrogens (tertiary/aromatic N) is 1. The first kappa shape index (κ1) is 15.8. The van der Waals surface area contributed by atoms with Crippen LogP contribution in [0.5, 0.6) is 5.75 Å². The van der Waals surface area contributed by atoms with Crippen LogP contribution in [0.3, 0.4) is 0 Å². The minimum absolute atomic E-state index is 0.00360. The Balaban J connectivity index is 2.56. The molecule has 0 bridgehead atoms. The third-order valence-corrected chi connectivity index (χ3v) is 2.99. The van der Waals surface area contributed by atoms with Gasteiger partial charge in [0.25, 0.3) is 0 Å². The molecule has 0 spiro atoms. The van der Waals surface area contributed by atoms with Crippen LogP contribution in [0.15, 0.2) is 29.4 Å². The van der Waals surface area contributed by atoms with Crippen molar-refractivity contribution in [3.8, 4) is 5.75 Å². The standard InChI is InChI=1S/C14H21N3O3/c1-3-10(4-2)14(18)16-11-5-7-12(8-6-11)20-9-13(15)17-19/h5-8,10,19H,3-4,9H2,1-2H3,(H2,15,17)(H,16,18). The van der Waals surface area contributed by atoms with Gasteiger partial charge in [-0.2, -0.15) is 0 Å². The second-order valence-corrected chi connectivity index (χ2v) is 4.41. The van der Waals surface area contributed by atoms with Gasteiger partial charge >= 0.3 is 0 Å². The molecule has 1 aromatic carbocycles. The molecule has 0 saturated carbocycles. The fraction of sp³-hybridized carbons (Fsp3) is 0.429. The zero-order chi connectivity index (χ0) is 15.0. The normalized spacial score (nSPS) is 11.4. The quantitative estimate of drug-likeness (QED) is 0.308. The van der Waals surface area contributed by atoms with E-state index in [1.807, 2.05) is 13.8 Å². The summed E-state index contributed by atoms with van der Waals surface area (Å²) in [7, 11) is 0. The van der Waals surface area contributed by atoms with Gasteiger partial charge in [-0.25, -0.2) is 0 Å². The zero-order valence-electron chi connectivity index (χ0n) is 11.8. The highest BCUT2D eigenvalue weighted by Gasteiger charge is 2.13. The largest absolute Gasteiger partial charge is 0.486 e. The van der Waals surface area contributed by atoms with Gasteiger partial charge in [0.2, 0.25) is 5.91 Å². The summed E-state index contributed by atoms with van der Waals surface area (Å²) in [6.45, 7) is 4.01. The molecular weight excluding hydrogens is 258 g/mol. The molecule has 0 aliphatic rings. The number of ether oxygens (including phenoxy) is 1. The van der Waals surface area contributed by atoms with Crippen molar-refractivity contribution in [2.75, 3.05) is 11.9 Å². The van der Waals surface area contributed by atoms with Crippen LogP contribution < -0.4 is 15.8 Å². The van der Waals surface area contributed by atoms with Crippen molar-refractivity contribution in [1.82, 2.24) is 0 Å². The van der Waals surface area contributed by atoms with E-state index in [2.05, 4.69) is 10.5 Å². The number of rotatable bonds is 7. The van der Waals surface area contributed by atoms with Crippen LogP contribution >= 0.6 is 0 Å². The van der Waals surface area contributed by atoms with E-state index in [9.17, 15) is 4.79 Å². The minimum Gasteiger partial charge on any atom is -0.486 e. The summed E-state index contributed by atoms with van der Waals surface area (Å²) in [6, 6.07) is 6.93. The molecular formula is C14H21N3O3. The Kier molecular flexibility index (Phi) is 6.36. The number of amidine groups is 1. The number of benzene rings is 1. The van der Waals surface area contributed by atoms with E-state index in [1.54, 1.807) is 24.3 Å². The number of carbonyl (C=O) groups excluding carboxylic acids is 1. The summed E-state index contributed by atoms with van der Waals surface area (Å²) in [5.41, 5.74) is 6.02. The van der Waals surface area contributed by atoms with Gasteiger partial charge in [0.15, 0.2) is 5.84 Å². The van der Waals surface area contributed by atoms with Gasteiger partial charge in [-0.1, -0.05) is 19.0 Å². The average molecular weight is 279 g/mol. The maximum atomic E-state index is 11.9. The Morgan fingerprint density at radius 2 is 1.95 bits per heavy atom.